The van der Waals surface area contributed by atoms with Crippen molar-refractivity contribution < 1.29 is 14.3 Å². The van der Waals surface area contributed by atoms with Crippen LogP contribution in [0.2, 0.25) is 0 Å². The van der Waals surface area contributed by atoms with E-state index in [-0.39, 0.29) is 5.69 Å². The van der Waals surface area contributed by atoms with E-state index >= 15 is 0 Å². The van der Waals surface area contributed by atoms with Crippen molar-refractivity contribution in [2.45, 2.75) is 6.92 Å². The Morgan fingerprint density at radius 3 is 2.79 bits per heavy atom. The second kappa shape index (κ2) is 5.30. The molecule has 0 aliphatic carbocycles. The first-order valence-corrected chi connectivity index (χ1v) is 5.48. The predicted octanol–water partition coefficient (Wildman–Crippen LogP) is 1.15. The molecule has 0 bridgehead atoms. The van der Waals surface area contributed by atoms with E-state index < -0.39 is 11.9 Å². The van der Waals surface area contributed by atoms with E-state index in [2.05, 4.69) is 25.5 Å². The highest BCUT2D eigenvalue weighted by Crippen LogP contribution is 2.18. The Morgan fingerprint density at radius 1 is 1.37 bits per heavy atom. The molecule has 2 rings (SSSR count). The number of methoxy groups -OCH3 is 1. The van der Waals surface area contributed by atoms with Gasteiger partial charge in [0.15, 0.2) is 5.69 Å². The number of ether oxygens (including phenoxy) is 1. The molecule has 0 spiro atoms. The van der Waals surface area contributed by atoms with Gasteiger partial charge < -0.3 is 10.1 Å². The zero-order chi connectivity index (χ0) is 13.8. The van der Waals surface area contributed by atoms with Gasteiger partial charge in [-0.15, -0.1) is 0 Å². The first-order chi connectivity index (χ1) is 9.11. The largest absolute Gasteiger partial charge is 0.465 e. The van der Waals surface area contributed by atoms with Crippen LogP contribution in [0.3, 0.4) is 0 Å². The Hall–Kier alpha value is -2.70. The number of benzene rings is 1. The summed E-state index contributed by atoms with van der Waals surface area (Å²) in [6.07, 6.45) is 1.31. The van der Waals surface area contributed by atoms with Crippen molar-refractivity contribution in [2.75, 3.05) is 12.4 Å². The smallest absolute Gasteiger partial charge is 0.337 e. The molecule has 1 aromatic heterocycles. The van der Waals surface area contributed by atoms with Gasteiger partial charge in [-0.05, 0) is 24.6 Å². The predicted molar refractivity (Wildman–Crippen MR) is 66.9 cm³/mol. The number of aromatic nitrogens is 3. The van der Waals surface area contributed by atoms with Crippen molar-refractivity contribution in [3.63, 3.8) is 0 Å². The number of H-pyrrole nitrogens is 1. The summed E-state index contributed by atoms with van der Waals surface area (Å²) in [6.45, 7) is 1.82. The van der Waals surface area contributed by atoms with Crippen LogP contribution in [-0.4, -0.2) is 34.4 Å². The number of anilines is 1. The Bertz CT molecular complexity index is 607. The van der Waals surface area contributed by atoms with Crippen molar-refractivity contribution in [1.29, 1.82) is 0 Å². The highest BCUT2D eigenvalue weighted by atomic mass is 16.5. The molecule has 0 fully saturated rings. The molecule has 1 aromatic carbocycles. The van der Waals surface area contributed by atoms with Crippen LogP contribution in [0.1, 0.15) is 26.4 Å². The highest BCUT2D eigenvalue weighted by Gasteiger charge is 2.13. The van der Waals surface area contributed by atoms with Gasteiger partial charge in [-0.3, -0.25) is 4.79 Å². The van der Waals surface area contributed by atoms with E-state index in [1.54, 1.807) is 18.2 Å². The zero-order valence-electron chi connectivity index (χ0n) is 10.4. The van der Waals surface area contributed by atoms with Gasteiger partial charge in [0.25, 0.3) is 5.91 Å². The van der Waals surface area contributed by atoms with E-state index in [1.807, 2.05) is 6.92 Å². The fourth-order valence-electron chi connectivity index (χ4n) is 1.50. The highest BCUT2D eigenvalue weighted by molar-refractivity contribution is 6.03. The van der Waals surface area contributed by atoms with Gasteiger partial charge in [0.05, 0.1) is 18.9 Å². The Kier molecular flexibility index (Phi) is 3.56. The van der Waals surface area contributed by atoms with Crippen molar-refractivity contribution in [2.24, 2.45) is 0 Å². The fourth-order valence-corrected chi connectivity index (χ4v) is 1.50. The molecule has 0 saturated carbocycles. The average Bonchev–Trinajstić information content (AvgIpc) is 2.94. The number of hydrogen-bond acceptors (Lipinski definition) is 5. The molecule has 2 aromatic rings. The van der Waals surface area contributed by atoms with E-state index in [9.17, 15) is 9.59 Å². The van der Waals surface area contributed by atoms with Gasteiger partial charge in [0, 0.05) is 5.69 Å². The maximum Gasteiger partial charge on any atom is 0.337 e. The van der Waals surface area contributed by atoms with Crippen LogP contribution in [0.5, 0.6) is 0 Å². The van der Waals surface area contributed by atoms with E-state index in [1.165, 1.54) is 13.3 Å². The molecule has 7 nitrogen and oxygen atoms in total. The lowest BCUT2D eigenvalue weighted by atomic mass is 10.1. The Labute approximate surface area is 109 Å². The number of rotatable bonds is 3. The summed E-state index contributed by atoms with van der Waals surface area (Å²) in [4.78, 5) is 23.3. The molecule has 1 amide bonds. The SMILES string of the molecule is COC(=O)c1ccc(C)c(NC(=O)c2cn[nH]n2)c1. The number of aromatic amines is 1. The molecule has 0 aliphatic heterocycles. The average molecular weight is 260 g/mol. The van der Waals surface area contributed by atoms with Crippen molar-refractivity contribution >= 4 is 17.6 Å². The summed E-state index contributed by atoms with van der Waals surface area (Å²) in [6, 6.07) is 4.91. The van der Waals surface area contributed by atoms with Gasteiger partial charge in [-0.25, -0.2) is 4.79 Å². The minimum Gasteiger partial charge on any atom is -0.465 e. The summed E-state index contributed by atoms with van der Waals surface area (Å²) in [5.41, 5.74) is 1.88. The number of nitrogens with zero attached hydrogens (tertiary/aromatic N) is 2. The monoisotopic (exact) mass is 260 g/mol. The third kappa shape index (κ3) is 2.76. The number of hydrogen-bond donors (Lipinski definition) is 2. The lowest BCUT2D eigenvalue weighted by Gasteiger charge is -2.08. The van der Waals surface area contributed by atoms with Gasteiger partial charge in [-0.2, -0.15) is 15.4 Å². The van der Waals surface area contributed by atoms with Gasteiger partial charge in [0.2, 0.25) is 0 Å². The molecule has 1 heterocycles. The minimum absolute atomic E-state index is 0.169. The number of carbonyl (C=O) groups excluding carboxylic acids is 2. The first kappa shape index (κ1) is 12.7. The first-order valence-electron chi connectivity index (χ1n) is 5.48. The summed E-state index contributed by atoms with van der Waals surface area (Å²) < 4.78 is 4.63. The summed E-state index contributed by atoms with van der Waals surface area (Å²) in [5, 5.41) is 12.2. The molecule has 0 unspecified atom stereocenters. The quantitative estimate of drug-likeness (QED) is 0.807. The van der Waals surface area contributed by atoms with E-state index in [0.717, 1.165) is 5.56 Å². The van der Waals surface area contributed by atoms with Crippen LogP contribution in [0.25, 0.3) is 0 Å². The topological polar surface area (TPSA) is 97.0 Å². The summed E-state index contributed by atoms with van der Waals surface area (Å²) in [5.74, 6) is -0.865. The van der Waals surface area contributed by atoms with E-state index in [0.29, 0.717) is 11.3 Å². The molecular weight excluding hydrogens is 248 g/mol. The van der Waals surface area contributed by atoms with Crippen molar-refractivity contribution in [3.8, 4) is 0 Å². The molecule has 0 saturated heterocycles. The molecule has 19 heavy (non-hydrogen) atoms. The number of esters is 1. The summed E-state index contributed by atoms with van der Waals surface area (Å²) in [7, 11) is 1.30. The molecule has 0 aliphatic rings. The second-order valence-corrected chi connectivity index (χ2v) is 3.83. The molecule has 98 valence electrons. The summed E-state index contributed by atoms with van der Waals surface area (Å²) >= 11 is 0. The van der Waals surface area contributed by atoms with Crippen LogP contribution in [0.15, 0.2) is 24.4 Å². The molecule has 0 radical (unpaired) electrons. The van der Waals surface area contributed by atoms with Gasteiger partial charge >= 0.3 is 5.97 Å². The third-order valence-electron chi connectivity index (χ3n) is 2.55. The maximum absolute atomic E-state index is 11.8. The molecule has 2 N–H and O–H groups in total. The zero-order valence-corrected chi connectivity index (χ0v) is 10.4. The minimum atomic E-state index is -0.461. The normalized spacial score (nSPS) is 10.0. The van der Waals surface area contributed by atoms with Crippen LogP contribution in [0.4, 0.5) is 5.69 Å². The maximum atomic E-state index is 11.8. The number of aryl methyl sites for hydroxylation is 1. The standard InChI is InChI=1S/C12H12N4O3/c1-7-3-4-8(12(18)19-2)5-9(7)14-11(17)10-6-13-16-15-10/h3-6H,1-2H3,(H,14,17)(H,13,15,16). The second-order valence-electron chi connectivity index (χ2n) is 3.83. The van der Waals surface area contributed by atoms with Gasteiger partial charge in [0.1, 0.15) is 0 Å². The van der Waals surface area contributed by atoms with Crippen LogP contribution in [-0.2, 0) is 4.74 Å². The van der Waals surface area contributed by atoms with Crippen LogP contribution >= 0.6 is 0 Å². The van der Waals surface area contributed by atoms with Gasteiger partial charge in [-0.1, -0.05) is 6.07 Å². The third-order valence-corrected chi connectivity index (χ3v) is 2.55. The number of nitrogens with one attached hydrogen (secondary N) is 2. The Balaban J connectivity index is 2.24. The lowest BCUT2D eigenvalue weighted by molar-refractivity contribution is 0.0600. The van der Waals surface area contributed by atoms with Crippen LogP contribution < -0.4 is 5.32 Å². The molecular formula is C12H12N4O3. The fraction of sp³-hybridized carbons (Fsp3) is 0.167. The van der Waals surface area contributed by atoms with Crippen molar-refractivity contribution in [1.82, 2.24) is 15.4 Å². The lowest BCUT2D eigenvalue weighted by Crippen LogP contribution is -2.14. The van der Waals surface area contributed by atoms with E-state index in [4.69, 9.17) is 0 Å². The number of carbonyl (C=O) groups is 2. The van der Waals surface area contributed by atoms with Crippen molar-refractivity contribution in [3.05, 3.63) is 41.2 Å². The van der Waals surface area contributed by atoms with Crippen LogP contribution in [0, 0.1) is 6.92 Å². The molecule has 0 atom stereocenters. The Morgan fingerprint density at radius 2 is 2.16 bits per heavy atom. The number of amides is 1. The molecule has 7 heteroatoms.